The fourth-order valence-corrected chi connectivity index (χ4v) is 1.46. The SMILES string of the molecule is Fc1c(Cl)ccc(Nc2ncncn2)c1Cl. The maximum atomic E-state index is 13.3. The molecule has 1 N–H and O–H groups in total. The van der Waals surface area contributed by atoms with Crippen molar-refractivity contribution in [3.63, 3.8) is 0 Å². The second-order valence-corrected chi connectivity index (χ2v) is 3.59. The van der Waals surface area contributed by atoms with Crippen molar-refractivity contribution >= 4 is 34.8 Å². The van der Waals surface area contributed by atoms with Crippen molar-refractivity contribution in [1.82, 2.24) is 15.0 Å². The summed E-state index contributed by atoms with van der Waals surface area (Å²) >= 11 is 11.3. The maximum absolute atomic E-state index is 13.3. The Balaban J connectivity index is 2.33. The topological polar surface area (TPSA) is 50.7 Å². The van der Waals surface area contributed by atoms with Gasteiger partial charge >= 0.3 is 0 Å². The minimum absolute atomic E-state index is 0.0359. The average molecular weight is 259 g/mol. The van der Waals surface area contributed by atoms with Crippen molar-refractivity contribution in [1.29, 1.82) is 0 Å². The summed E-state index contributed by atoms with van der Waals surface area (Å²) in [5, 5.41) is 2.61. The molecule has 0 saturated heterocycles. The Labute approximate surface area is 100 Å². The van der Waals surface area contributed by atoms with E-state index < -0.39 is 5.82 Å². The molecule has 1 heterocycles. The number of hydrogen-bond acceptors (Lipinski definition) is 4. The van der Waals surface area contributed by atoms with Crippen molar-refractivity contribution in [2.75, 3.05) is 5.32 Å². The highest BCUT2D eigenvalue weighted by molar-refractivity contribution is 6.36. The molecule has 7 heteroatoms. The first-order valence-corrected chi connectivity index (χ1v) is 4.96. The highest BCUT2D eigenvalue weighted by Crippen LogP contribution is 2.31. The van der Waals surface area contributed by atoms with Crippen LogP contribution in [0.25, 0.3) is 0 Å². The fourth-order valence-electron chi connectivity index (χ4n) is 1.05. The molecule has 0 amide bonds. The van der Waals surface area contributed by atoms with Crippen molar-refractivity contribution in [2.24, 2.45) is 0 Å². The summed E-state index contributed by atoms with van der Waals surface area (Å²) in [6.45, 7) is 0. The zero-order chi connectivity index (χ0) is 11.5. The number of hydrogen-bond donors (Lipinski definition) is 1. The Morgan fingerprint density at radius 2 is 1.81 bits per heavy atom. The van der Waals surface area contributed by atoms with E-state index in [1.165, 1.54) is 24.8 Å². The van der Waals surface area contributed by atoms with Crippen LogP contribution in [0, 0.1) is 5.82 Å². The molecule has 0 aliphatic carbocycles. The maximum Gasteiger partial charge on any atom is 0.230 e. The number of aromatic nitrogens is 3. The van der Waals surface area contributed by atoms with Crippen molar-refractivity contribution in [2.45, 2.75) is 0 Å². The molecule has 2 rings (SSSR count). The first-order chi connectivity index (χ1) is 7.68. The molecule has 0 bridgehead atoms. The van der Waals surface area contributed by atoms with Gasteiger partial charge in [-0.25, -0.2) is 19.3 Å². The van der Waals surface area contributed by atoms with Crippen LogP contribution in [-0.4, -0.2) is 15.0 Å². The van der Waals surface area contributed by atoms with Gasteiger partial charge in [0.2, 0.25) is 5.95 Å². The Hall–Kier alpha value is -1.46. The van der Waals surface area contributed by atoms with Gasteiger partial charge in [0.25, 0.3) is 0 Å². The molecule has 82 valence electrons. The molecule has 0 spiro atoms. The number of benzene rings is 1. The Morgan fingerprint density at radius 1 is 1.12 bits per heavy atom. The molecule has 0 aliphatic rings. The van der Waals surface area contributed by atoms with Gasteiger partial charge in [0.05, 0.1) is 10.7 Å². The van der Waals surface area contributed by atoms with Crippen LogP contribution in [-0.2, 0) is 0 Å². The van der Waals surface area contributed by atoms with Crippen molar-refractivity contribution < 1.29 is 4.39 Å². The Kier molecular flexibility index (Phi) is 3.17. The molecule has 1 aromatic carbocycles. The van der Waals surface area contributed by atoms with E-state index in [1.807, 2.05) is 0 Å². The summed E-state index contributed by atoms with van der Waals surface area (Å²) in [5.41, 5.74) is 0.342. The number of anilines is 2. The van der Waals surface area contributed by atoms with Crippen LogP contribution in [0.3, 0.4) is 0 Å². The molecule has 1 aromatic heterocycles. The van der Waals surface area contributed by atoms with Gasteiger partial charge in [0.1, 0.15) is 17.7 Å². The van der Waals surface area contributed by atoms with Gasteiger partial charge in [-0.15, -0.1) is 0 Å². The predicted octanol–water partition coefficient (Wildman–Crippen LogP) is 3.06. The van der Waals surface area contributed by atoms with E-state index in [0.29, 0.717) is 5.69 Å². The van der Waals surface area contributed by atoms with Gasteiger partial charge in [-0.05, 0) is 12.1 Å². The summed E-state index contributed by atoms with van der Waals surface area (Å²) < 4.78 is 13.3. The quantitative estimate of drug-likeness (QED) is 0.842. The molecule has 0 saturated carbocycles. The summed E-state index contributed by atoms with van der Waals surface area (Å²) in [5.74, 6) is -0.402. The lowest BCUT2D eigenvalue weighted by Crippen LogP contribution is -1.98. The Bertz CT molecular complexity index is 506. The third-order valence-electron chi connectivity index (χ3n) is 1.78. The van der Waals surface area contributed by atoms with E-state index >= 15 is 0 Å². The zero-order valence-electron chi connectivity index (χ0n) is 7.78. The minimum Gasteiger partial charge on any atom is -0.323 e. The standard InChI is InChI=1S/C9H5Cl2FN4/c10-5-1-2-6(7(11)8(5)12)16-9-14-3-13-4-15-9/h1-4H,(H,13,14,15,16). The molecule has 0 fully saturated rings. The second-order valence-electron chi connectivity index (χ2n) is 2.81. The van der Waals surface area contributed by atoms with E-state index in [1.54, 1.807) is 0 Å². The first kappa shape index (κ1) is 11.0. The van der Waals surface area contributed by atoms with E-state index in [4.69, 9.17) is 23.2 Å². The van der Waals surface area contributed by atoms with Crippen LogP contribution >= 0.6 is 23.2 Å². The van der Waals surface area contributed by atoms with Crippen LogP contribution in [0.1, 0.15) is 0 Å². The average Bonchev–Trinajstić information content (AvgIpc) is 2.31. The summed E-state index contributed by atoms with van der Waals surface area (Å²) in [6.07, 6.45) is 2.63. The van der Waals surface area contributed by atoms with Crippen LogP contribution in [0.5, 0.6) is 0 Å². The smallest absolute Gasteiger partial charge is 0.230 e. The van der Waals surface area contributed by atoms with Gasteiger partial charge < -0.3 is 5.32 Å². The monoisotopic (exact) mass is 258 g/mol. The lowest BCUT2D eigenvalue weighted by molar-refractivity contribution is 0.629. The van der Waals surface area contributed by atoms with Gasteiger partial charge in [-0.1, -0.05) is 23.2 Å². The number of nitrogens with zero attached hydrogens (tertiary/aromatic N) is 3. The lowest BCUT2D eigenvalue weighted by Gasteiger charge is -2.07. The summed E-state index contributed by atoms with van der Waals surface area (Å²) in [6, 6.07) is 2.93. The third-order valence-corrected chi connectivity index (χ3v) is 2.44. The van der Waals surface area contributed by atoms with Gasteiger partial charge in [0.15, 0.2) is 5.82 Å². The zero-order valence-corrected chi connectivity index (χ0v) is 9.30. The van der Waals surface area contributed by atoms with Gasteiger partial charge in [-0.2, -0.15) is 0 Å². The molecule has 0 unspecified atom stereocenters. The largest absolute Gasteiger partial charge is 0.323 e. The molecular weight excluding hydrogens is 254 g/mol. The Morgan fingerprint density at radius 3 is 2.50 bits per heavy atom. The van der Waals surface area contributed by atoms with Crippen LogP contribution < -0.4 is 5.32 Å². The van der Waals surface area contributed by atoms with Crippen molar-refractivity contribution in [3.8, 4) is 0 Å². The number of rotatable bonds is 2. The van der Waals surface area contributed by atoms with Crippen LogP contribution in [0.15, 0.2) is 24.8 Å². The molecule has 2 aromatic rings. The highest BCUT2D eigenvalue weighted by atomic mass is 35.5. The molecule has 0 aliphatic heterocycles. The predicted molar refractivity (Wildman–Crippen MR) is 59.5 cm³/mol. The molecule has 16 heavy (non-hydrogen) atoms. The fraction of sp³-hybridized carbons (Fsp3) is 0. The van der Waals surface area contributed by atoms with E-state index in [2.05, 4.69) is 20.3 Å². The molecule has 4 nitrogen and oxygen atoms in total. The van der Waals surface area contributed by atoms with E-state index in [-0.39, 0.29) is 16.0 Å². The number of nitrogens with one attached hydrogen (secondary N) is 1. The molecule has 0 atom stereocenters. The summed E-state index contributed by atoms with van der Waals surface area (Å²) in [4.78, 5) is 11.3. The second kappa shape index (κ2) is 4.59. The lowest BCUT2D eigenvalue weighted by atomic mass is 10.3. The molecular formula is C9H5Cl2FN4. The van der Waals surface area contributed by atoms with Gasteiger partial charge in [-0.3, -0.25) is 0 Å². The summed E-state index contributed by atoms with van der Waals surface area (Å²) in [7, 11) is 0. The van der Waals surface area contributed by atoms with Crippen LogP contribution in [0.2, 0.25) is 10.0 Å². The van der Waals surface area contributed by atoms with E-state index in [9.17, 15) is 4.39 Å². The first-order valence-electron chi connectivity index (χ1n) is 4.21. The number of halogens is 3. The minimum atomic E-state index is -0.678. The van der Waals surface area contributed by atoms with Gasteiger partial charge in [0, 0.05) is 0 Å². The highest BCUT2D eigenvalue weighted by Gasteiger charge is 2.10. The normalized spacial score (nSPS) is 10.2. The van der Waals surface area contributed by atoms with E-state index in [0.717, 1.165) is 0 Å². The van der Waals surface area contributed by atoms with Crippen LogP contribution in [0.4, 0.5) is 16.0 Å². The third kappa shape index (κ3) is 2.20. The van der Waals surface area contributed by atoms with Crippen molar-refractivity contribution in [3.05, 3.63) is 40.6 Å². The molecule has 0 radical (unpaired) electrons.